The van der Waals surface area contributed by atoms with Crippen LogP contribution in [0.15, 0.2) is 36.7 Å². The smallest absolute Gasteiger partial charge is 0.265 e. The molecular weight excluding hydrogens is 293 g/mol. The number of rotatable bonds is 1. The van der Waals surface area contributed by atoms with Crippen molar-refractivity contribution >= 4 is 17.2 Å². The molecule has 8 heteroatoms. The number of halogens is 4. The fourth-order valence-corrected chi connectivity index (χ4v) is 1.92. The number of benzene rings is 1. The molecular formula is C12H6ClF3N4. The summed E-state index contributed by atoms with van der Waals surface area (Å²) in [5.41, 5.74) is 0.269. The average molecular weight is 299 g/mol. The van der Waals surface area contributed by atoms with Crippen LogP contribution in [0.1, 0.15) is 5.56 Å². The zero-order chi connectivity index (χ0) is 14.3. The van der Waals surface area contributed by atoms with Gasteiger partial charge in [0, 0.05) is 11.6 Å². The molecule has 0 aliphatic rings. The molecule has 0 unspecified atom stereocenters. The van der Waals surface area contributed by atoms with Crippen LogP contribution in [0, 0.1) is 0 Å². The molecule has 2 aromatic heterocycles. The Morgan fingerprint density at radius 3 is 2.40 bits per heavy atom. The molecule has 0 spiro atoms. The van der Waals surface area contributed by atoms with E-state index in [4.69, 9.17) is 11.6 Å². The summed E-state index contributed by atoms with van der Waals surface area (Å²) in [6, 6.07) is 6.20. The van der Waals surface area contributed by atoms with E-state index in [9.17, 15) is 13.2 Å². The van der Waals surface area contributed by atoms with E-state index in [0.29, 0.717) is 17.0 Å². The van der Waals surface area contributed by atoms with Crippen molar-refractivity contribution in [2.45, 2.75) is 6.18 Å². The van der Waals surface area contributed by atoms with Gasteiger partial charge in [0.25, 0.3) is 0 Å². The molecule has 0 radical (unpaired) electrons. The lowest BCUT2D eigenvalue weighted by molar-refractivity contribution is -0.137. The third-order valence-electron chi connectivity index (χ3n) is 2.74. The Labute approximate surface area is 115 Å². The van der Waals surface area contributed by atoms with Gasteiger partial charge in [-0.15, -0.1) is 10.2 Å². The van der Waals surface area contributed by atoms with Gasteiger partial charge in [-0.1, -0.05) is 23.7 Å². The summed E-state index contributed by atoms with van der Waals surface area (Å²) in [6.45, 7) is 0. The van der Waals surface area contributed by atoms with Crippen LogP contribution in [0.2, 0.25) is 5.15 Å². The molecule has 0 saturated carbocycles. The Balaban J connectivity index is 2.07. The lowest BCUT2D eigenvalue weighted by Gasteiger charge is -2.06. The van der Waals surface area contributed by atoms with Crippen LogP contribution in [0.3, 0.4) is 0 Å². The van der Waals surface area contributed by atoms with Crippen molar-refractivity contribution in [2.75, 3.05) is 0 Å². The molecule has 1 aromatic carbocycles. The van der Waals surface area contributed by atoms with Crippen LogP contribution < -0.4 is 0 Å². The van der Waals surface area contributed by atoms with E-state index in [-0.39, 0.29) is 5.15 Å². The average Bonchev–Trinajstić information content (AvgIpc) is 2.80. The first-order chi connectivity index (χ1) is 9.45. The number of fused-ring (bicyclic) bond motifs is 1. The number of hydrogen-bond acceptors (Lipinski definition) is 3. The van der Waals surface area contributed by atoms with Crippen molar-refractivity contribution < 1.29 is 13.2 Å². The van der Waals surface area contributed by atoms with Crippen molar-refractivity contribution in [1.29, 1.82) is 0 Å². The number of alkyl halides is 3. The Morgan fingerprint density at radius 1 is 1.05 bits per heavy atom. The van der Waals surface area contributed by atoms with Gasteiger partial charge in [-0.3, -0.25) is 4.40 Å². The zero-order valence-corrected chi connectivity index (χ0v) is 10.5. The van der Waals surface area contributed by atoms with Crippen LogP contribution in [0.4, 0.5) is 13.2 Å². The summed E-state index contributed by atoms with van der Waals surface area (Å²) < 4.78 is 39.1. The first-order valence-corrected chi connectivity index (χ1v) is 5.87. The molecule has 0 saturated heterocycles. The molecule has 3 aromatic rings. The largest absolute Gasteiger partial charge is 0.416 e. The second kappa shape index (κ2) is 4.45. The summed E-state index contributed by atoms with van der Waals surface area (Å²) in [5.74, 6) is 0.401. The van der Waals surface area contributed by atoms with Crippen LogP contribution in [-0.4, -0.2) is 19.6 Å². The maximum atomic E-state index is 12.5. The highest BCUT2D eigenvalue weighted by Crippen LogP contribution is 2.30. The van der Waals surface area contributed by atoms with E-state index in [1.54, 1.807) is 4.40 Å². The Bertz CT molecular complexity index is 764. The fraction of sp³-hybridized carbons (Fsp3) is 0.0833. The lowest BCUT2D eigenvalue weighted by atomic mass is 10.1. The van der Waals surface area contributed by atoms with E-state index in [1.807, 2.05) is 0 Å². The number of hydrogen-bond donors (Lipinski definition) is 0. The first-order valence-electron chi connectivity index (χ1n) is 5.49. The molecule has 102 valence electrons. The number of aromatic nitrogens is 4. The highest BCUT2D eigenvalue weighted by molar-refractivity contribution is 6.29. The van der Waals surface area contributed by atoms with Gasteiger partial charge in [0.2, 0.25) is 0 Å². The summed E-state index contributed by atoms with van der Waals surface area (Å²) in [5, 5.41) is 8.09. The Kier molecular flexibility index (Phi) is 2.86. The maximum Gasteiger partial charge on any atom is 0.416 e. The van der Waals surface area contributed by atoms with Crippen LogP contribution in [0.5, 0.6) is 0 Å². The zero-order valence-electron chi connectivity index (χ0n) is 9.76. The van der Waals surface area contributed by atoms with Gasteiger partial charge in [0.15, 0.2) is 11.5 Å². The minimum atomic E-state index is -4.36. The van der Waals surface area contributed by atoms with Gasteiger partial charge in [-0.2, -0.15) is 13.2 Å². The Morgan fingerprint density at radius 2 is 1.75 bits per heavy atom. The summed E-state index contributed by atoms with van der Waals surface area (Å²) in [4.78, 5) is 3.89. The Hall–Kier alpha value is -2.15. The first kappa shape index (κ1) is 12.9. The van der Waals surface area contributed by atoms with E-state index < -0.39 is 11.7 Å². The van der Waals surface area contributed by atoms with Crippen molar-refractivity contribution in [3.8, 4) is 11.4 Å². The van der Waals surface area contributed by atoms with Gasteiger partial charge < -0.3 is 0 Å². The molecule has 20 heavy (non-hydrogen) atoms. The van der Waals surface area contributed by atoms with E-state index in [2.05, 4.69) is 15.2 Å². The normalized spacial score (nSPS) is 12.0. The highest BCUT2D eigenvalue weighted by Gasteiger charge is 2.30. The van der Waals surface area contributed by atoms with Gasteiger partial charge >= 0.3 is 6.18 Å². The highest BCUT2D eigenvalue weighted by atomic mass is 35.5. The molecule has 0 N–H and O–H groups in total. The molecule has 0 aliphatic heterocycles. The molecule has 3 rings (SSSR count). The van der Waals surface area contributed by atoms with E-state index in [1.165, 1.54) is 24.5 Å². The molecule has 0 bridgehead atoms. The van der Waals surface area contributed by atoms with Crippen molar-refractivity contribution in [2.24, 2.45) is 0 Å². The van der Waals surface area contributed by atoms with Gasteiger partial charge in [0.05, 0.1) is 5.56 Å². The summed E-state index contributed by atoms with van der Waals surface area (Å²) in [6.07, 6.45) is -2.94. The third-order valence-corrected chi connectivity index (χ3v) is 2.94. The van der Waals surface area contributed by atoms with Crippen LogP contribution >= 0.6 is 11.6 Å². The summed E-state index contributed by atoms with van der Waals surface area (Å²) in [7, 11) is 0. The minimum absolute atomic E-state index is 0.267. The quantitative estimate of drug-likeness (QED) is 0.646. The molecule has 4 nitrogen and oxygen atoms in total. The predicted molar refractivity (Wildman–Crippen MR) is 66.2 cm³/mol. The van der Waals surface area contributed by atoms with Gasteiger partial charge in [-0.05, 0) is 12.1 Å². The van der Waals surface area contributed by atoms with Crippen LogP contribution in [0.25, 0.3) is 17.0 Å². The standard InChI is InChI=1S/C12H6ClF3N4/c13-9-5-10-18-19-11(20(10)6-17-9)7-1-3-8(4-2-7)12(14,15)16/h1-6H. The molecule has 0 amide bonds. The number of nitrogens with zero attached hydrogens (tertiary/aromatic N) is 4. The third kappa shape index (κ3) is 2.20. The summed E-state index contributed by atoms with van der Waals surface area (Å²) >= 11 is 5.73. The second-order valence-electron chi connectivity index (χ2n) is 4.04. The topological polar surface area (TPSA) is 43.1 Å². The molecule has 2 heterocycles. The van der Waals surface area contributed by atoms with Crippen molar-refractivity contribution in [3.63, 3.8) is 0 Å². The predicted octanol–water partition coefficient (Wildman–Crippen LogP) is 3.46. The lowest BCUT2D eigenvalue weighted by Crippen LogP contribution is -2.04. The van der Waals surface area contributed by atoms with Gasteiger partial charge in [0.1, 0.15) is 11.5 Å². The van der Waals surface area contributed by atoms with E-state index in [0.717, 1.165) is 12.1 Å². The SMILES string of the molecule is FC(F)(F)c1ccc(-c2nnc3cc(Cl)ncn23)cc1. The maximum absolute atomic E-state index is 12.5. The van der Waals surface area contributed by atoms with E-state index >= 15 is 0 Å². The van der Waals surface area contributed by atoms with Crippen molar-refractivity contribution in [3.05, 3.63) is 47.4 Å². The van der Waals surface area contributed by atoms with Gasteiger partial charge in [-0.25, -0.2) is 4.98 Å². The second-order valence-corrected chi connectivity index (χ2v) is 4.43. The van der Waals surface area contributed by atoms with Crippen molar-refractivity contribution in [1.82, 2.24) is 19.6 Å². The minimum Gasteiger partial charge on any atom is -0.265 e. The molecule has 0 atom stereocenters. The fourth-order valence-electron chi connectivity index (χ4n) is 1.78. The van der Waals surface area contributed by atoms with Crippen LogP contribution in [-0.2, 0) is 6.18 Å². The monoisotopic (exact) mass is 298 g/mol. The molecule has 0 fully saturated rings. The molecule has 0 aliphatic carbocycles.